The second-order valence-corrected chi connectivity index (χ2v) is 6.76. The molecule has 0 spiro atoms. The van der Waals surface area contributed by atoms with Crippen LogP contribution >= 0.6 is 0 Å². The molecule has 1 fully saturated rings. The highest BCUT2D eigenvalue weighted by Gasteiger charge is 2.37. The molecule has 6 nitrogen and oxygen atoms in total. The predicted octanol–water partition coefficient (Wildman–Crippen LogP) is 0.506. The first kappa shape index (κ1) is 15.9. The molecule has 7 heteroatoms. The molecule has 0 aromatic carbocycles. The Balaban J connectivity index is 2.26. The maximum atomic E-state index is 11.8. The van der Waals surface area contributed by atoms with Crippen molar-refractivity contribution < 1.29 is 18.9 Å². The van der Waals surface area contributed by atoms with Gasteiger partial charge in [0.15, 0.2) is 0 Å². The molecule has 1 heterocycles. The maximum Gasteiger partial charge on any atom is 0.317 e. The summed E-state index contributed by atoms with van der Waals surface area (Å²) in [5.41, 5.74) is 0. The summed E-state index contributed by atoms with van der Waals surface area (Å²) in [5.74, 6) is -0.616. The highest BCUT2D eigenvalue weighted by atomic mass is 32.2. The molecule has 1 aliphatic rings. The molecular formula is C12H22N2O4S. The molecule has 0 saturated carbocycles. The number of hydrogen-bond acceptors (Lipinski definition) is 3. The van der Waals surface area contributed by atoms with Crippen LogP contribution in [0.3, 0.4) is 0 Å². The van der Waals surface area contributed by atoms with Crippen molar-refractivity contribution in [3.8, 4) is 0 Å². The van der Waals surface area contributed by atoms with Gasteiger partial charge < -0.3 is 15.3 Å². The summed E-state index contributed by atoms with van der Waals surface area (Å²) in [7, 11) is -0.847. The van der Waals surface area contributed by atoms with E-state index in [4.69, 9.17) is 5.11 Å². The van der Waals surface area contributed by atoms with Crippen LogP contribution in [-0.4, -0.2) is 57.4 Å². The van der Waals surface area contributed by atoms with Crippen molar-refractivity contribution in [1.82, 2.24) is 10.2 Å². The SMILES string of the molecule is CC(CCS(C)=O)NC(=O)N1CC(C(C)C(=O)O)C1. The molecule has 3 atom stereocenters. The highest BCUT2D eigenvalue weighted by molar-refractivity contribution is 7.84. The van der Waals surface area contributed by atoms with Crippen LogP contribution in [0.25, 0.3) is 0 Å². The molecule has 0 aromatic rings. The highest BCUT2D eigenvalue weighted by Crippen LogP contribution is 2.23. The van der Waals surface area contributed by atoms with Crippen LogP contribution in [0.5, 0.6) is 0 Å². The van der Waals surface area contributed by atoms with Crippen LogP contribution in [0.4, 0.5) is 4.79 Å². The van der Waals surface area contributed by atoms with Crippen molar-refractivity contribution in [2.24, 2.45) is 11.8 Å². The van der Waals surface area contributed by atoms with E-state index in [0.29, 0.717) is 25.3 Å². The number of nitrogens with one attached hydrogen (secondary N) is 1. The van der Waals surface area contributed by atoms with Crippen LogP contribution in [0.2, 0.25) is 0 Å². The molecule has 1 rings (SSSR count). The number of carboxylic acids is 1. The Kier molecular flexibility index (Phi) is 5.78. The Bertz CT molecular complexity index is 369. The third-order valence-corrected chi connectivity index (χ3v) is 4.31. The molecule has 3 unspecified atom stereocenters. The topological polar surface area (TPSA) is 86.7 Å². The van der Waals surface area contributed by atoms with Gasteiger partial charge in [0.05, 0.1) is 5.92 Å². The average Bonchev–Trinajstić information content (AvgIpc) is 2.23. The second-order valence-electron chi connectivity index (χ2n) is 5.21. The number of rotatable bonds is 6. The lowest BCUT2D eigenvalue weighted by Gasteiger charge is -2.41. The molecule has 2 N–H and O–H groups in total. The number of amides is 2. The molecule has 19 heavy (non-hydrogen) atoms. The average molecular weight is 290 g/mol. The molecule has 1 aliphatic heterocycles. The quantitative estimate of drug-likeness (QED) is 0.746. The summed E-state index contributed by atoms with van der Waals surface area (Å²) in [6.45, 7) is 4.53. The van der Waals surface area contributed by atoms with Crippen molar-refractivity contribution in [2.45, 2.75) is 26.3 Å². The van der Waals surface area contributed by atoms with Gasteiger partial charge in [-0.3, -0.25) is 9.00 Å². The Labute approximate surface area is 116 Å². The van der Waals surface area contributed by atoms with Crippen molar-refractivity contribution in [2.75, 3.05) is 25.1 Å². The zero-order valence-corrected chi connectivity index (χ0v) is 12.4. The first-order valence-corrected chi connectivity index (χ1v) is 8.12. The van der Waals surface area contributed by atoms with Crippen LogP contribution < -0.4 is 5.32 Å². The summed E-state index contributed by atoms with van der Waals surface area (Å²) in [6.07, 6.45) is 2.32. The molecule has 0 aliphatic carbocycles. The zero-order valence-electron chi connectivity index (χ0n) is 11.6. The van der Waals surface area contributed by atoms with Crippen molar-refractivity contribution in [3.05, 3.63) is 0 Å². The van der Waals surface area contributed by atoms with Gasteiger partial charge in [-0.25, -0.2) is 4.79 Å². The van der Waals surface area contributed by atoms with Gasteiger partial charge in [0.25, 0.3) is 0 Å². The zero-order chi connectivity index (χ0) is 14.6. The Hall–Kier alpha value is -1.11. The lowest BCUT2D eigenvalue weighted by Crippen LogP contribution is -2.57. The molecular weight excluding hydrogens is 268 g/mol. The number of likely N-dealkylation sites (tertiary alicyclic amines) is 1. The number of carboxylic acid groups (broad SMARTS) is 1. The number of carbonyl (C=O) groups is 2. The smallest absolute Gasteiger partial charge is 0.317 e. The summed E-state index contributed by atoms with van der Waals surface area (Å²) in [6, 6.07) is -0.185. The van der Waals surface area contributed by atoms with Crippen LogP contribution in [-0.2, 0) is 15.6 Å². The first-order valence-electron chi connectivity index (χ1n) is 6.39. The fraction of sp³-hybridized carbons (Fsp3) is 0.833. The first-order chi connectivity index (χ1) is 8.81. The normalized spacial score (nSPS) is 20.3. The Morgan fingerprint density at radius 2 is 2.00 bits per heavy atom. The van der Waals surface area contributed by atoms with Crippen LogP contribution in [0.1, 0.15) is 20.3 Å². The number of carbonyl (C=O) groups excluding carboxylic acids is 1. The summed E-state index contributed by atoms with van der Waals surface area (Å²) < 4.78 is 10.9. The van der Waals surface area contributed by atoms with Crippen LogP contribution in [0, 0.1) is 11.8 Å². The monoisotopic (exact) mass is 290 g/mol. The molecule has 0 aromatic heterocycles. The summed E-state index contributed by atoms with van der Waals surface area (Å²) in [4.78, 5) is 24.2. The van der Waals surface area contributed by atoms with Crippen molar-refractivity contribution >= 4 is 22.8 Å². The van der Waals surface area contributed by atoms with Gasteiger partial charge in [-0.1, -0.05) is 6.92 Å². The van der Waals surface area contributed by atoms with Gasteiger partial charge in [0.1, 0.15) is 0 Å². The lowest BCUT2D eigenvalue weighted by atomic mass is 9.87. The van der Waals surface area contributed by atoms with Crippen molar-refractivity contribution in [3.63, 3.8) is 0 Å². The van der Waals surface area contributed by atoms with Gasteiger partial charge in [0.2, 0.25) is 0 Å². The Morgan fingerprint density at radius 1 is 1.42 bits per heavy atom. The second kappa shape index (κ2) is 6.88. The largest absolute Gasteiger partial charge is 0.481 e. The van der Waals surface area contributed by atoms with Crippen molar-refractivity contribution in [1.29, 1.82) is 0 Å². The number of aliphatic carboxylic acids is 1. The standard InChI is InChI=1S/C12H22N2O4S/c1-8(4-5-19(3)18)13-12(17)14-6-10(7-14)9(2)11(15)16/h8-10H,4-7H2,1-3H3,(H,13,17)(H,15,16). The maximum absolute atomic E-state index is 11.8. The van der Waals surface area contributed by atoms with E-state index in [1.807, 2.05) is 6.92 Å². The number of urea groups is 1. The van der Waals surface area contributed by atoms with E-state index in [0.717, 1.165) is 0 Å². The van der Waals surface area contributed by atoms with E-state index < -0.39 is 22.7 Å². The van der Waals surface area contributed by atoms with Gasteiger partial charge in [-0.15, -0.1) is 0 Å². The third-order valence-electron chi connectivity index (χ3n) is 3.50. The summed E-state index contributed by atoms with van der Waals surface area (Å²) in [5, 5.41) is 11.7. The van der Waals surface area contributed by atoms with E-state index in [1.54, 1.807) is 18.1 Å². The van der Waals surface area contributed by atoms with Gasteiger partial charge in [0, 0.05) is 47.9 Å². The molecule has 0 radical (unpaired) electrons. The number of hydrogen-bond donors (Lipinski definition) is 2. The van der Waals surface area contributed by atoms with Crippen LogP contribution in [0.15, 0.2) is 0 Å². The molecule has 2 amide bonds. The molecule has 0 bridgehead atoms. The van der Waals surface area contributed by atoms with E-state index in [1.165, 1.54) is 0 Å². The molecule has 1 saturated heterocycles. The molecule has 110 valence electrons. The van der Waals surface area contributed by atoms with E-state index in [-0.39, 0.29) is 18.0 Å². The van der Waals surface area contributed by atoms with E-state index in [9.17, 15) is 13.8 Å². The number of nitrogens with zero attached hydrogens (tertiary/aromatic N) is 1. The minimum atomic E-state index is -0.847. The third kappa shape index (κ3) is 4.81. The van der Waals surface area contributed by atoms with E-state index >= 15 is 0 Å². The predicted molar refractivity (Wildman–Crippen MR) is 73.4 cm³/mol. The minimum Gasteiger partial charge on any atom is -0.481 e. The van der Waals surface area contributed by atoms with Gasteiger partial charge in [-0.05, 0) is 13.3 Å². The van der Waals surface area contributed by atoms with Gasteiger partial charge >= 0.3 is 12.0 Å². The lowest BCUT2D eigenvalue weighted by molar-refractivity contribution is -0.144. The minimum absolute atomic E-state index is 0.0210. The van der Waals surface area contributed by atoms with Gasteiger partial charge in [-0.2, -0.15) is 0 Å². The Morgan fingerprint density at radius 3 is 2.47 bits per heavy atom. The summed E-state index contributed by atoms with van der Waals surface area (Å²) >= 11 is 0. The fourth-order valence-electron chi connectivity index (χ4n) is 1.91. The van der Waals surface area contributed by atoms with E-state index in [2.05, 4.69) is 5.32 Å². The fourth-order valence-corrected chi connectivity index (χ4v) is 2.60.